The zero-order chi connectivity index (χ0) is 26.5. The third kappa shape index (κ3) is 25.3. The van der Waals surface area contributed by atoms with Gasteiger partial charge < -0.3 is 0 Å². The van der Waals surface area contributed by atoms with Gasteiger partial charge in [0.05, 0.1) is 0 Å². The van der Waals surface area contributed by atoms with Crippen LogP contribution in [-0.4, -0.2) is 0 Å². The first kappa shape index (κ1) is 34.2. The fraction of sp³-hybridized carbons (Fsp3) is 0.811. The van der Waals surface area contributed by atoms with Crippen molar-refractivity contribution in [3.63, 3.8) is 0 Å². The summed E-state index contributed by atoms with van der Waals surface area (Å²) in [6.45, 7) is 4.71. The summed E-state index contributed by atoms with van der Waals surface area (Å²) in [6, 6.07) is 10.9. The Morgan fingerprint density at radius 2 is 0.838 bits per heavy atom. The molecule has 0 N–H and O–H groups in total. The van der Waals surface area contributed by atoms with Crippen molar-refractivity contribution in [2.75, 3.05) is 0 Å². The van der Waals surface area contributed by atoms with E-state index in [1.807, 2.05) is 0 Å². The van der Waals surface area contributed by atoms with Crippen LogP contribution in [0.4, 0.5) is 0 Å². The van der Waals surface area contributed by atoms with E-state index in [1.54, 1.807) is 0 Å². The van der Waals surface area contributed by atoms with E-state index < -0.39 is 0 Å². The summed E-state index contributed by atoms with van der Waals surface area (Å²) in [4.78, 5) is 0. The average Bonchev–Trinajstić information content (AvgIpc) is 2.91. The monoisotopic (exact) mass is 512 g/mol. The Morgan fingerprint density at radius 3 is 1.22 bits per heavy atom. The quantitative estimate of drug-likeness (QED) is 0.0938. The van der Waals surface area contributed by atoms with Crippen molar-refractivity contribution < 1.29 is 0 Å². The lowest BCUT2D eigenvalue weighted by Gasteiger charge is -2.11. The number of unbranched alkanes of at least 4 members (excludes halogenated alkanes) is 23. The van der Waals surface area contributed by atoms with Crippen molar-refractivity contribution in [3.05, 3.63) is 42.3 Å². The van der Waals surface area contributed by atoms with Gasteiger partial charge in [0.1, 0.15) is 0 Å². The number of hydrogen-bond acceptors (Lipinski definition) is 0. The van der Waals surface area contributed by atoms with Crippen LogP contribution in [0.3, 0.4) is 0 Å². The van der Waals surface area contributed by atoms with Crippen LogP contribution in [0.25, 0.3) is 0 Å². The van der Waals surface area contributed by atoms with Gasteiger partial charge in [-0.15, -0.1) is 0 Å². The van der Waals surface area contributed by atoms with Gasteiger partial charge in [0.2, 0.25) is 0 Å². The van der Waals surface area contributed by atoms with Crippen molar-refractivity contribution in [2.24, 2.45) is 5.92 Å². The molecule has 0 aliphatic heterocycles. The lowest BCUT2D eigenvalue weighted by molar-refractivity contribution is 0.501. The average molecular weight is 512 g/mol. The van der Waals surface area contributed by atoms with Crippen molar-refractivity contribution in [1.82, 2.24) is 0 Å². The first-order chi connectivity index (χ1) is 18.3. The van der Waals surface area contributed by atoms with E-state index >= 15 is 0 Å². The number of hydrogen-bond donors (Lipinski definition) is 0. The zero-order valence-electron chi connectivity index (χ0n) is 25.6. The first-order valence-electron chi connectivity index (χ1n) is 17.2. The van der Waals surface area contributed by atoms with E-state index in [0.29, 0.717) is 0 Å². The third-order valence-electron chi connectivity index (χ3n) is 8.36. The van der Waals surface area contributed by atoms with Crippen LogP contribution >= 0.6 is 0 Å². The highest BCUT2D eigenvalue weighted by molar-refractivity contribution is 5.14. The summed E-state index contributed by atoms with van der Waals surface area (Å²) in [6.07, 6.45) is 41.6. The summed E-state index contributed by atoms with van der Waals surface area (Å²) in [5.41, 5.74) is 1.47. The summed E-state index contributed by atoms with van der Waals surface area (Å²) < 4.78 is 0. The Morgan fingerprint density at radius 1 is 0.486 bits per heavy atom. The number of benzene rings is 1. The van der Waals surface area contributed by atoms with Crippen molar-refractivity contribution in [2.45, 2.75) is 187 Å². The molecular weight excluding hydrogens is 444 g/mol. The molecule has 0 heteroatoms. The predicted molar refractivity (Wildman–Crippen MR) is 169 cm³/mol. The van der Waals surface area contributed by atoms with Crippen LogP contribution in [0, 0.1) is 12.3 Å². The van der Waals surface area contributed by atoms with E-state index in [0.717, 1.165) is 5.92 Å². The molecule has 0 nitrogen and oxygen atoms in total. The van der Waals surface area contributed by atoms with Gasteiger partial charge in [-0.3, -0.25) is 0 Å². The Kier molecular flexibility index (Phi) is 26.1. The lowest BCUT2D eigenvalue weighted by atomic mass is 9.95. The Balaban J connectivity index is 1.67. The van der Waals surface area contributed by atoms with E-state index in [1.165, 1.54) is 179 Å². The lowest BCUT2D eigenvalue weighted by Crippen LogP contribution is -1.97. The van der Waals surface area contributed by atoms with Crippen molar-refractivity contribution in [1.29, 1.82) is 0 Å². The van der Waals surface area contributed by atoms with E-state index in [2.05, 4.69) is 50.6 Å². The van der Waals surface area contributed by atoms with E-state index in [-0.39, 0.29) is 0 Å². The molecule has 0 heterocycles. The minimum Gasteiger partial charge on any atom is -0.0654 e. The smallest absolute Gasteiger partial charge is 0.0276 e. The van der Waals surface area contributed by atoms with Gasteiger partial charge in [-0.25, -0.2) is 0 Å². The van der Waals surface area contributed by atoms with Crippen LogP contribution in [0.5, 0.6) is 0 Å². The van der Waals surface area contributed by atoms with Gasteiger partial charge in [-0.1, -0.05) is 205 Å². The van der Waals surface area contributed by atoms with E-state index in [9.17, 15) is 0 Å². The maximum absolute atomic E-state index is 2.55. The van der Waals surface area contributed by atoms with Gasteiger partial charge in [0.15, 0.2) is 0 Å². The Labute approximate surface area is 235 Å². The Bertz CT molecular complexity index is 532. The molecule has 0 fully saturated rings. The van der Waals surface area contributed by atoms with Gasteiger partial charge in [-0.2, -0.15) is 0 Å². The minimum atomic E-state index is 0.781. The number of rotatable bonds is 29. The Hall–Kier alpha value is -0.780. The highest BCUT2D eigenvalue weighted by Gasteiger charge is 2.03. The zero-order valence-corrected chi connectivity index (χ0v) is 25.6. The molecular formula is C37H67. The molecule has 0 aliphatic carbocycles. The summed E-state index contributed by atoms with van der Waals surface area (Å²) in [5.74, 6) is 0.781. The topological polar surface area (TPSA) is 0 Å². The molecule has 37 heavy (non-hydrogen) atoms. The molecule has 0 saturated carbocycles. The summed E-state index contributed by atoms with van der Waals surface area (Å²) in [5, 5.41) is 0. The van der Waals surface area contributed by atoms with Crippen molar-refractivity contribution in [3.8, 4) is 0 Å². The minimum absolute atomic E-state index is 0.781. The normalized spacial score (nSPS) is 12.3. The molecule has 215 valence electrons. The summed E-state index contributed by atoms with van der Waals surface area (Å²) in [7, 11) is 0. The first-order valence-corrected chi connectivity index (χ1v) is 17.2. The second kappa shape index (κ2) is 28.2. The highest BCUT2D eigenvalue weighted by atomic mass is 14.1. The number of aryl methyl sites for hydroxylation is 1. The molecule has 0 spiro atoms. The molecule has 0 aliphatic rings. The molecule has 1 aromatic rings. The molecule has 0 aromatic heterocycles. The van der Waals surface area contributed by atoms with Gasteiger partial charge in [0.25, 0.3) is 0 Å². The fourth-order valence-corrected chi connectivity index (χ4v) is 5.73. The third-order valence-corrected chi connectivity index (χ3v) is 8.36. The maximum atomic E-state index is 2.55. The molecule has 1 atom stereocenters. The highest BCUT2D eigenvalue weighted by Crippen LogP contribution is 2.18. The second-order valence-electron chi connectivity index (χ2n) is 12.2. The summed E-state index contributed by atoms with van der Waals surface area (Å²) >= 11 is 0. The van der Waals surface area contributed by atoms with Crippen LogP contribution in [-0.2, 0) is 6.42 Å². The molecule has 0 saturated heterocycles. The molecule has 0 amide bonds. The molecule has 1 rings (SSSR count). The SMILES string of the molecule is CCCCCCCCCCCCCCCCCCCCCCCCCCC(C)[CH]CCc1ccccc1. The fourth-order valence-electron chi connectivity index (χ4n) is 5.73. The molecule has 1 radical (unpaired) electrons. The molecule has 1 unspecified atom stereocenters. The van der Waals surface area contributed by atoms with Crippen LogP contribution < -0.4 is 0 Å². The van der Waals surface area contributed by atoms with Gasteiger partial charge in [0, 0.05) is 0 Å². The van der Waals surface area contributed by atoms with Crippen LogP contribution in [0.15, 0.2) is 30.3 Å². The van der Waals surface area contributed by atoms with Crippen molar-refractivity contribution >= 4 is 0 Å². The maximum Gasteiger partial charge on any atom is -0.0276 e. The molecule has 0 bridgehead atoms. The standard InChI is InChI=1S/C37H67/c1-3-4-5-6-7-8-9-10-11-12-13-14-15-16-17-18-19-20-21-22-23-24-25-27-31-36(2)32-30-35-37-33-28-26-29-34-37/h26,28-29,32-34,36H,3-25,27,30-31,35H2,1-2H3. The largest absolute Gasteiger partial charge is 0.0654 e. The predicted octanol–water partition coefficient (Wildman–Crippen LogP) is 13.2. The van der Waals surface area contributed by atoms with Gasteiger partial charge >= 0.3 is 0 Å². The molecule has 1 aromatic carbocycles. The van der Waals surface area contributed by atoms with Gasteiger partial charge in [-0.05, 0) is 30.7 Å². The van der Waals surface area contributed by atoms with E-state index in [4.69, 9.17) is 0 Å². The second-order valence-corrected chi connectivity index (χ2v) is 12.2. The van der Waals surface area contributed by atoms with Crippen LogP contribution in [0.2, 0.25) is 0 Å². The van der Waals surface area contributed by atoms with Crippen LogP contribution in [0.1, 0.15) is 186 Å².